The Balaban J connectivity index is 0.00000306. The van der Waals surface area contributed by atoms with Gasteiger partial charge in [0.1, 0.15) is 5.82 Å². The van der Waals surface area contributed by atoms with E-state index in [-0.39, 0.29) is 30.1 Å². The Bertz CT molecular complexity index is 865. The van der Waals surface area contributed by atoms with Gasteiger partial charge in [-0.05, 0) is 30.5 Å². The molecule has 0 amide bonds. The molecule has 1 aromatic carbocycles. The maximum absolute atomic E-state index is 5.96. The largest absolute Gasteiger partial charge is 0.376 e. The summed E-state index contributed by atoms with van der Waals surface area (Å²) >= 11 is 0. The molecule has 2 atom stereocenters. The first-order chi connectivity index (χ1) is 15.7. The smallest absolute Gasteiger partial charge is 0.193 e. The van der Waals surface area contributed by atoms with Crippen molar-refractivity contribution >= 4 is 35.8 Å². The number of nitrogens with zero attached hydrogens (tertiary/aromatic N) is 4. The van der Waals surface area contributed by atoms with E-state index in [0.717, 1.165) is 63.2 Å². The normalized spacial score (nSPS) is 21.1. The highest BCUT2D eigenvalue weighted by molar-refractivity contribution is 14.0. The summed E-state index contributed by atoms with van der Waals surface area (Å²) < 4.78 is 11.6. The molecule has 0 radical (unpaired) electrons. The standard InChI is InChI=1S/C25H35N5O2.HI/c1-20-16-29(12-13-32-20)24-9-8-22(14-27-24)15-28-25(26-2)30-11-10-23(17-30)19-31-18-21-6-4-3-5-7-21;/h3-9,14,20,23H,10-13,15-19H2,1-2H3,(H,26,28);1H. The Labute approximate surface area is 214 Å². The van der Waals surface area contributed by atoms with Crippen molar-refractivity contribution in [3.8, 4) is 0 Å². The summed E-state index contributed by atoms with van der Waals surface area (Å²) in [4.78, 5) is 13.8. The van der Waals surface area contributed by atoms with E-state index in [4.69, 9.17) is 9.47 Å². The van der Waals surface area contributed by atoms with Crippen LogP contribution in [-0.4, -0.2) is 68.4 Å². The molecule has 180 valence electrons. The Morgan fingerprint density at radius 2 is 2.00 bits per heavy atom. The summed E-state index contributed by atoms with van der Waals surface area (Å²) in [5.41, 5.74) is 2.38. The van der Waals surface area contributed by atoms with Crippen LogP contribution >= 0.6 is 24.0 Å². The number of aromatic nitrogens is 1. The third-order valence-electron chi connectivity index (χ3n) is 6.09. The number of guanidine groups is 1. The zero-order valence-corrected chi connectivity index (χ0v) is 22.0. The highest BCUT2D eigenvalue weighted by Gasteiger charge is 2.25. The van der Waals surface area contributed by atoms with Gasteiger partial charge in [-0.2, -0.15) is 0 Å². The first-order valence-corrected chi connectivity index (χ1v) is 11.6. The molecule has 0 aliphatic carbocycles. The maximum atomic E-state index is 5.96. The summed E-state index contributed by atoms with van der Waals surface area (Å²) in [5, 5.41) is 3.50. The second kappa shape index (κ2) is 13.1. The van der Waals surface area contributed by atoms with E-state index in [2.05, 4.69) is 68.4 Å². The van der Waals surface area contributed by atoms with Crippen molar-refractivity contribution in [3.05, 3.63) is 59.8 Å². The fraction of sp³-hybridized carbons (Fsp3) is 0.520. The maximum Gasteiger partial charge on any atom is 0.193 e. The fourth-order valence-electron chi connectivity index (χ4n) is 4.33. The van der Waals surface area contributed by atoms with Crippen molar-refractivity contribution < 1.29 is 9.47 Å². The Morgan fingerprint density at radius 3 is 2.73 bits per heavy atom. The molecule has 0 saturated carbocycles. The van der Waals surface area contributed by atoms with Crippen LogP contribution in [0.4, 0.5) is 5.82 Å². The first kappa shape index (κ1) is 25.7. The summed E-state index contributed by atoms with van der Waals surface area (Å²) in [6, 6.07) is 14.6. The van der Waals surface area contributed by atoms with E-state index < -0.39 is 0 Å². The Kier molecular flexibility index (Phi) is 10.2. The second-order valence-corrected chi connectivity index (χ2v) is 8.65. The lowest BCUT2D eigenvalue weighted by molar-refractivity contribution is 0.0529. The summed E-state index contributed by atoms with van der Waals surface area (Å²) in [5.74, 6) is 2.50. The van der Waals surface area contributed by atoms with Crippen LogP contribution in [0.15, 0.2) is 53.7 Å². The van der Waals surface area contributed by atoms with Crippen LogP contribution in [0.5, 0.6) is 0 Å². The number of nitrogens with one attached hydrogen (secondary N) is 1. The molecule has 2 aliphatic rings. The number of likely N-dealkylation sites (tertiary alicyclic amines) is 1. The molecule has 2 saturated heterocycles. The minimum atomic E-state index is 0. The minimum Gasteiger partial charge on any atom is -0.376 e. The zero-order chi connectivity index (χ0) is 22.2. The molecular formula is C25H36IN5O2. The molecule has 2 unspecified atom stereocenters. The van der Waals surface area contributed by atoms with Crippen LogP contribution in [0, 0.1) is 5.92 Å². The number of pyridine rings is 1. The van der Waals surface area contributed by atoms with Crippen LogP contribution in [0.25, 0.3) is 0 Å². The average Bonchev–Trinajstić information content (AvgIpc) is 3.29. The van der Waals surface area contributed by atoms with Crippen molar-refractivity contribution in [1.29, 1.82) is 0 Å². The van der Waals surface area contributed by atoms with Gasteiger partial charge >= 0.3 is 0 Å². The highest BCUT2D eigenvalue weighted by Crippen LogP contribution is 2.18. The lowest BCUT2D eigenvalue weighted by atomic mass is 10.1. The molecule has 1 N–H and O–H groups in total. The number of rotatable bonds is 7. The van der Waals surface area contributed by atoms with Crippen molar-refractivity contribution in [1.82, 2.24) is 15.2 Å². The predicted octanol–water partition coefficient (Wildman–Crippen LogP) is 3.54. The summed E-state index contributed by atoms with van der Waals surface area (Å²) in [7, 11) is 1.85. The number of halogens is 1. The van der Waals surface area contributed by atoms with Gasteiger partial charge in [-0.1, -0.05) is 36.4 Å². The lowest BCUT2D eigenvalue weighted by Gasteiger charge is -2.32. The molecule has 1 aromatic heterocycles. The van der Waals surface area contributed by atoms with Crippen LogP contribution in [0.1, 0.15) is 24.5 Å². The third kappa shape index (κ3) is 7.55. The van der Waals surface area contributed by atoms with Gasteiger partial charge in [-0.3, -0.25) is 4.99 Å². The van der Waals surface area contributed by atoms with Crippen molar-refractivity contribution in [2.75, 3.05) is 51.3 Å². The number of anilines is 1. The van der Waals surface area contributed by atoms with Gasteiger partial charge in [-0.25, -0.2) is 4.98 Å². The number of hydrogen-bond acceptors (Lipinski definition) is 5. The molecule has 0 bridgehead atoms. The Morgan fingerprint density at radius 1 is 1.15 bits per heavy atom. The van der Waals surface area contributed by atoms with E-state index in [1.54, 1.807) is 0 Å². The number of hydrogen-bond donors (Lipinski definition) is 1. The topological polar surface area (TPSA) is 62.2 Å². The van der Waals surface area contributed by atoms with E-state index >= 15 is 0 Å². The number of ether oxygens (including phenoxy) is 2. The molecule has 8 heteroatoms. The van der Waals surface area contributed by atoms with Gasteiger partial charge in [0.15, 0.2) is 5.96 Å². The van der Waals surface area contributed by atoms with Gasteiger partial charge in [0.05, 0.1) is 25.9 Å². The molecule has 4 rings (SSSR count). The van der Waals surface area contributed by atoms with Gasteiger partial charge in [-0.15, -0.1) is 24.0 Å². The Hall–Kier alpha value is -1.91. The molecule has 2 fully saturated rings. The van der Waals surface area contributed by atoms with Crippen molar-refractivity contribution in [2.24, 2.45) is 10.9 Å². The highest BCUT2D eigenvalue weighted by atomic mass is 127. The molecule has 2 aromatic rings. The second-order valence-electron chi connectivity index (χ2n) is 8.65. The van der Waals surface area contributed by atoms with Crippen LogP contribution in [-0.2, 0) is 22.6 Å². The van der Waals surface area contributed by atoms with E-state index in [9.17, 15) is 0 Å². The monoisotopic (exact) mass is 565 g/mol. The van der Waals surface area contributed by atoms with Gasteiger partial charge < -0.3 is 24.6 Å². The summed E-state index contributed by atoms with van der Waals surface area (Å²) in [6.45, 7) is 8.81. The number of morpholine rings is 1. The SMILES string of the molecule is CN=C(NCc1ccc(N2CCOC(C)C2)nc1)N1CCC(COCc2ccccc2)C1.I. The number of aliphatic imine (C=N–C) groups is 1. The van der Waals surface area contributed by atoms with Crippen LogP contribution < -0.4 is 10.2 Å². The van der Waals surface area contributed by atoms with Gasteiger partial charge in [0.2, 0.25) is 0 Å². The first-order valence-electron chi connectivity index (χ1n) is 11.6. The van der Waals surface area contributed by atoms with Crippen molar-refractivity contribution in [3.63, 3.8) is 0 Å². The predicted molar refractivity (Wildman–Crippen MR) is 143 cm³/mol. The van der Waals surface area contributed by atoms with Crippen molar-refractivity contribution in [2.45, 2.75) is 32.6 Å². The van der Waals surface area contributed by atoms with E-state index in [1.165, 1.54) is 5.56 Å². The van der Waals surface area contributed by atoms with Crippen LogP contribution in [0.2, 0.25) is 0 Å². The molecule has 2 aliphatic heterocycles. The minimum absolute atomic E-state index is 0. The molecule has 0 spiro atoms. The quantitative estimate of drug-likeness (QED) is 0.315. The lowest BCUT2D eigenvalue weighted by Crippen LogP contribution is -2.41. The molecule has 7 nitrogen and oxygen atoms in total. The van der Waals surface area contributed by atoms with E-state index in [1.807, 2.05) is 19.3 Å². The zero-order valence-electron chi connectivity index (χ0n) is 19.7. The number of benzene rings is 1. The third-order valence-corrected chi connectivity index (χ3v) is 6.09. The fourth-order valence-corrected chi connectivity index (χ4v) is 4.33. The van der Waals surface area contributed by atoms with Gasteiger partial charge in [0.25, 0.3) is 0 Å². The summed E-state index contributed by atoms with van der Waals surface area (Å²) in [6.07, 6.45) is 3.34. The van der Waals surface area contributed by atoms with Gasteiger partial charge in [0, 0.05) is 51.9 Å². The molecular weight excluding hydrogens is 529 g/mol. The average molecular weight is 566 g/mol. The molecule has 33 heavy (non-hydrogen) atoms. The van der Waals surface area contributed by atoms with E-state index in [0.29, 0.717) is 19.1 Å². The molecule has 3 heterocycles. The van der Waals surface area contributed by atoms with Crippen LogP contribution in [0.3, 0.4) is 0 Å².